The van der Waals surface area contributed by atoms with Crippen molar-refractivity contribution in [2.24, 2.45) is 0 Å². The molecule has 0 bridgehead atoms. The number of hydrogen-bond donors (Lipinski definition) is 1. The van der Waals surface area contributed by atoms with Crippen LogP contribution < -0.4 is 14.2 Å². The van der Waals surface area contributed by atoms with E-state index < -0.39 is 17.7 Å². The van der Waals surface area contributed by atoms with Crippen molar-refractivity contribution in [1.29, 1.82) is 0 Å². The lowest BCUT2D eigenvalue weighted by atomic mass is 9.94. The number of Topliss-reactive ketones (excluding diaryl/α,β-unsaturated/α-hetero) is 1. The van der Waals surface area contributed by atoms with Crippen molar-refractivity contribution in [2.45, 2.75) is 53.2 Å². The van der Waals surface area contributed by atoms with E-state index in [0.717, 1.165) is 24.4 Å². The molecule has 2 aliphatic heterocycles. The Morgan fingerprint density at radius 1 is 1.03 bits per heavy atom. The average Bonchev–Trinajstić information content (AvgIpc) is 3.41. The summed E-state index contributed by atoms with van der Waals surface area (Å²) in [6, 6.07) is 10.1. The molecule has 8 nitrogen and oxygen atoms in total. The Hall–Kier alpha value is -3.52. The van der Waals surface area contributed by atoms with Crippen LogP contribution in [0.5, 0.6) is 17.2 Å². The molecule has 0 saturated carbocycles. The number of nitrogens with zero attached hydrogens (tertiary/aromatic N) is 2. The highest BCUT2D eigenvalue weighted by Gasteiger charge is 2.46. The van der Waals surface area contributed by atoms with Crippen LogP contribution in [0.2, 0.25) is 0 Å². The molecule has 0 radical (unpaired) electrons. The van der Waals surface area contributed by atoms with Crippen molar-refractivity contribution in [2.75, 3.05) is 39.4 Å². The molecule has 2 heterocycles. The first-order valence-corrected chi connectivity index (χ1v) is 13.5. The Labute approximate surface area is 224 Å². The third-order valence-electron chi connectivity index (χ3n) is 7.14. The van der Waals surface area contributed by atoms with Crippen LogP contribution in [0.25, 0.3) is 5.76 Å². The van der Waals surface area contributed by atoms with Crippen LogP contribution in [-0.4, -0.2) is 72.1 Å². The van der Waals surface area contributed by atoms with Crippen LogP contribution in [0.4, 0.5) is 0 Å². The number of rotatable bonds is 11. The normalized spacial score (nSPS) is 20.1. The fourth-order valence-electron chi connectivity index (χ4n) is 5.21. The summed E-state index contributed by atoms with van der Waals surface area (Å²) in [5.41, 5.74) is 2.21. The number of amides is 1. The lowest BCUT2D eigenvalue weighted by molar-refractivity contribution is -0.140. The summed E-state index contributed by atoms with van der Waals surface area (Å²) < 4.78 is 17.4. The lowest BCUT2D eigenvalue weighted by Crippen LogP contribution is -2.38. The average molecular weight is 523 g/mol. The summed E-state index contributed by atoms with van der Waals surface area (Å²) in [4.78, 5) is 30.6. The Kier molecular flexibility index (Phi) is 8.62. The standard InChI is InChI=1S/C30H38N2O6/c1-6-31(7-2)14-15-32-27(20-10-13-24(36-8-3)25(18-20)37-9-4)26(29(34)30(32)35)28(33)21-11-12-23-22(17-21)16-19(5)38-23/h10-13,17-19,27,33H,6-9,14-16H2,1-5H3/b28-26+/t19-,27+/m1/s1. The van der Waals surface area contributed by atoms with Gasteiger partial charge in [-0.05, 0) is 75.3 Å². The SMILES string of the molecule is CCOc1ccc([C@H]2/C(=C(\O)c3ccc4c(c3)C[C@@H](C)O4)C(=O)C(=O)N2CCN(CC)CC)cc1OCC. The smallest absolute Gasteiger partial charge is 0.295 e. The molecule has 2 atom stereocenters. The zero-order valence-corrected chi connectivity index (χ0v) is 23.0. The Balaban J connectivity index is 1.82. The van der Waals surface area contributed by atoms with Gasteiger partial charge < -0.3 is 29.1 Å². The van der Waals surface area contributed by atoms with Gasteiger partial charge in [0.1, 0.15) is 17.6 Å². The lowest BCUT2D eigenvalue weighted by Gasteiger charge is -2.28. The molecule has 0 unspecified atom stereocenters. The topological polar surface area (TPSA) is 88.5 Å². The van der Waals surface area contributed by atoms with Crippen LogP contribution in [0, 0.1) is 0 Å². The highest BCUT2D eigenvalue weighted by atomic mass is 16.5. The third-order valence-corrected chi connectivity index (χ3v) is 7.14. The van der Waals surface area contributed by atoms with E-state index in [1.54, 1.807) is 23.1 Å². The van der Waals surface area contributed by atoms with Crippen molar-refractivity contribution in [1.82, 2.24) is 9.80 Å². The number of carbonyl (C=O) groups is 2. The molecule has 8 heteroatoms. The fraction of sp³-hybridized carbons (Fsp3) is 0.467. The molecule has 1 amide bonds. The van der Waals surface area contributed by atoms with Gasteiger partial charge in [0.15, 0.2) is 11.5 Å². The van der Waals surface area contributed by atoms with Gasteiger partial charge in [-0.3, -0.25) is 9.59 Å². The molecule has 1 fully saturated rings. The summed E-state index contributed by atoms with van der Waals surface area (Å²) in [5, 5.41) is 11.5. The minimum atomic E-state index is -0.760. The molecule has 0 aromatic heterocycles. The van der Waals surface area contributed by atoms with Gasteiger partial charge in [0.2, 0.25) is 0 Å². The second-order valence-corrected chi connectivity index (χ2v) is 9.55. The predicted octanol–water partition coefficient (Wildman–Crippen LogP) is 4.57. The Morgan fingerprint density at radius 3 is 2.42 bits per heavy atom. The van der Waals surface area contributed by atoms with Gasteiger partial charge in [-0.25, -0.2) is 0 Å². The van der Waals surface area contributed by atoms with Gasteiger partial charge in [0, 0.05) is 25.1 Å². The minimum absolute atomic E-state index is 0.0499. The van der Waals surface area contributed by atoms with Gasteiger partial charge in [-0.15, -0.1) is 0 Å². The van der Waals surface area contributed by atoms with E-state index in [1.165, 1.54) is 0 Å². The maximum atomic E-state index is 13.5. The van der Waals surface area contributed by atoms with E-state index in [1.807, 2.05) is 39.0 Å². The van der Waals surface area contributed by atoms with Crippen LogP contribution in [0.3, 0.4) is 0 Å². The summed E-state index contributed by atoms with van der Waals surface area (Å²) >= 11 is 0. The van der Waals surface area contributed by atoms with Crippen LogP contribution in [0.15, 0.2) is 42.0 Å². The highest BCUT2D eigenvalue weighted by Crippen LogP contribution is 2.42. The van der Waals surface area contributed by atoms with Crippen LogP contribution >= 0.6 is 0 Å². The number of ketones is 1. The first kappa shape index (κ1) is 27.5. The van der Waals surface area contributed by atoms with E-state index in [2.05, 4.69) is 18.7 Å². The fourth-order valence-corrected chi connectivity index (χ4v) is 5.21. The van der Waals surface area contributed by atoms with E-state index in [9.17, 15) is 14.7 Å². The van der Waals surface area contributed by atoms with Crippen molar-refractivity contribution in [3.8, 4) is 17.2 Å². The maximum absolute atomic E-state index is 13.5. The Morgan fingerprint density at radius 2 is 1.74 bits per heavy atom. The number of ether oxygens (including phenoxy) is 3. The number of aliphatic hydroxyl groups is 1. The molecule has 0 spiro atoms. The van der Waals surface area contributed by atoms with E-state index >= 15 is 0 Å². The number of fused-ring (bicyclic) bond motifs is 1. The number of hydrogen-bond acceptors (Lipinski definition) is 7. The van der Waals surface area contributed by atoms with E-state index in [0.29, 0.717) is 55.4 Å². The summed E-state index contributed by atoms with van der Waals surface area (Å²) in [5.74, 6) is 0.402. The molecule has 2 aliphatic rings. The molecule has 1 N–H and O–H groups in total. The van der Waals surface area contributed by atoms with Crippen molar-refractivity contribution < 1.29 is 28.9 Å². The molecule has 2 aromatic carbocycles. The predicted molar refractivity (Wildman–Crippen MR) is 146 cm³/mol. The molecule has 4 rings (SSSR count). The summed E-state index contributed by atoms with van der Waals surface area (Å²) in [6.45, 7) is 13.4. The number of benzene rings is 2. The van der Waals surface area contributed by atoms with Crippen molar-refractivity contribution >= 4 is 17.4 Å². The largest absolute Gasteiger partial charge is 0.507 e. The number of carbonyl (C=O) groups excluding carboxylic acids is 2. The van der Waals surface area contributed by atoms with Crippen LogP contribution in [0.1, 0.15) is 57.4 Å². The zero-order chi connectivity index (χ0) is 27.4. The van der Waals surface area contributed by atoms with Gasteiger partial charge >= 0.3 is 0 Å². The first-order valence-electron chi connectivity index (χ1n) is 13.5. The van der Waals surface area contributed by atoms with Gasteiger partial charge in [-0.2, -0.15) is 0 Å². The highest BCUT2D eigenvalue weighted by molar-refractivity contribution is 6.46. The van der Waals surface area contributed by atoms with Crippen LogP contribution in [-0.2, 0) is 16.0 Å². The third kappa shape index (κ3) is 5.36. The maximum Gasteiger partial charge on any atom is 0.295 e. The molecular formula is C30H38N2O6. The minimum Gasteiger partial charge on any atom is -0.507 e. The summed E-state index contributed by atoms with van der Waals surface area (Å²) in [7, 11) is 0. The van der Waals surface area contributed by atoms with Gasteiger partial charge in [0.25, 0.3) is 11.7 Å². The van der Waals surface area contributed by atoms with Gasteiger partial charge in [-0.1, -0.05) is 19.9 Å². The number of aliphatic hydroxyl groups excluding tert-OH is 1. The zero-order valence-electron chi connectivity index (χ0n) is 23.0. The monoisotopic (exact) mass is 522 g/mol. The van der Waals surface area contributed by atoms with Gasteiger partial charge in [0.05, 0.1) is 24.8 Å². The van der Waals surface area contributed by atoms with Crippen molar-refractivity contribution in [3.05, 3.63) is 58.7 Å². The molecule has 0 aliphatic carbocycles. The molecule has 38 heavy (non-hydrogen) atoms. The quantitative estimate of drug-likeness (QED) is 0.263. The van der Waals surface area contributed by atoms with Crippen molar-refractivity contribution in [3.63, 3.8) is 0 Å². The Bertz CT molecular complexity index is 1220. The van der Waals surface area contributed by atoms with E-state index in [-0.39, 0.29) is 17.4 Å². The molecule has 1 saturated heterocycles. The molecular weight excluding hydrogens is 484 g/mol. The van der Waals surface area contributed by atoms with E-state index in [4.69, 9.17) is 14.2 Å². The second-order valence-electron chi connectivity index (χ2n) is 9.55. The number of likely N-dealkylation sites (N-methyl/N-ethyl adjacent to an activating group) is 1. The molecule has 204 valence electrons. The molecule has 2 aromatic rings. The number of likely N-dealkylation sites (tertiary alicyclic amines) is 1. The summed E-state index contributed by atoms with van der Waals surface area (Å²) in [6.07, 6.45) is 0.767. The first-order chi connectivity index (χ1) is 18.3. The second kappa shape index (κ2) is 11.9.